The van der Waals surface area contributed by atoms with Crippen molar-refractivity contribution in [3.8, 4) is 5.75 Å². The highest BCUT2D eigenvalue weighted by Gasteiger charge is 2.15. The van der Waals surface area contributed by atoms with E-state index in [9.17, 15) is 9.59 Å². The molecular weight excluding hydrogens is 388 g/mol. The molecule has 0 unspecified atom stereocenters. The van der Waals surface area contributed by atoms with Crippen LogP contribution in [0.15, 0.2) is 65.5 Å². The number of nitrogens with one attached hydrogen (secondary N) is 1. The zero-order chi connectivity index (χ0) is 20.5. The van der Waals surface area contributed by atoms with E-state index in [4.69, 9.17) is 16.3 Å². The molecule has 0 bridgehead atoms. The van der Waals surface area contributed by atoms with Gasteiger partial charge in [0.25, 0.3) is 0 Å². The Hall–Kier alpha value is -3.31. The van der Waals surface area contributed by atoms with Gasteiger partial charge < -0.3 is 14.6 Å². The molecule has 0 radical (unpaired) electrons. The molecule has 146 valence electrons. The number of benzene rings is 3. The Balaban J connectivity index is 1.78. The fourth-order valence-electron chi connectivity index (χ4n) is 3.51. The third kappa shape index (κ3) is 3.45. The summed E-state index contributed by atoms with van der Waals surface area (Å²) in [4.78, 5) is 25.7. The lowest BCUT2D eigenvalue weighted by Crippen LogP contribution is -2.21. The number of methoxy groups -OCH3 is 1. The lowest BCUT2D eigenvalue weighted by Gasteiger charge is -2.16. The number of ether oxygens (including phenoxy) is 1. The molecule has 0 saturated heterocycles. The zero-order valence-electron chi connectivity index (χ0n) is 16.0. The summed E-state index contributed by atoms with van der Waals surface area (Å²) in [5, 5.41) is 4.63. The Kier molecular flexibility index (Phi) is 4.99. The van der Waals surface area contributed by atoms with E-state index >= 15 is 0 Å². The van der Waals surface area contributed by atoms with E-state index in [2.05, 4.69) is 5.32 Å². The topological polar surface area (TPSA) is 60.3 Å². The molecular formula is C23H19ClN2O3. The summed E-state index contributed by atoms with van der Waals surface area (Å²) in [7, 11) is 1.53. The van der Waals surface area contributed by atoms with Crippen molar-refractivity contribution >= 4 is 45.0 Å². The lowest BCUT2D eigenvalue weighted by atomic mass is 10.1. The first-order chi connectivity index (χ1) is 14.0. The number of fused-ring (bicyclic) bond motifs is 2. The minimum atomic E-state index is -0.232. The average molecular weight is 407 g/mol. The maximum Gasteiger partial charge on any atom is 0.244 e. The number of rotatable bonds is 4. The number of carbonyl (C=O) groups excluding carboxylic acids is 1. The number of aryl methyl sites for hydroxylation is 1. The molecule has 3 aromatic carbocycles. The fourth-order valence-corrected chi connectivity index (χ4v) is 3.66. The van der Waals surface area contributed by atoms with Crippen LogP contribution in [0.25, 0.3) is 21.8 Å². The molecule has 6 heteroatoms. The third-order valence-corrected chi connectivity index (χ3v) is 5.34. The van der Waals surface area contributed by atoms with Crippen molar-refractivity contribution in [3.63, 3.8) is 0 Å². The summed E-state index contributed by atoms with van der Waals surface area (Å²) < 4.78 is 7.20. The van der Waals surface area contributed by atoms with Crippen LogP contribution < -0.4 is 15.5 Å². The molecule has 0 aliphatic heterocycles. The molecule has 0 fully saturated rings. The number of pyridine rings is 1. The maximum absolute atomic E-state index is 12.9. The molecule has 4 aromatic rings. The number of anilines is 1. The van der Waals surface area contributed by atoms with Crippen LogP contribution >= 0.6 is 11.6 Å². The minimum Gasteiger partial charge on any atom is -0.495 e. The van der Waals surface area contributed by atoms with Crippen molar-refractivity contribution in [1.29, 1.82) is 0 Å². The second kappa shape index (κ2) is 7.60. The Bertz CT molecular complexity index is 1250. The normalized spacial score (nSPS) is 11.0. The van der Waals surface area contributed by atoms with Crippen LogP contribution in [0, 0.1) is 6.92 Å². The first kappa shape index (κ1) is 19.0. The fraction of sp³-hybridized carbons (Fsp3) is 0.130. The molecule has 0 spiro atoms. The van der Waals surface area contributed by atoms with Gasteiger partial charge >= 0.3 is 0 Å². The molecule has 0 aliphatic carbocycles. The van der Waals surface area contributed by atoms with Gasteiger partial charge in [-0.1, -0.05) is 35.9 Å². The Morgan fingerprint density at radius 2 is 1.62 bits per heavy atom. The molecule has 0 atom stereocenters. The molecule has 4 rings (SSSR count). The van der Waals surface area contributed by atoms with E-state index in [1.807, 2.05) is 47.9 Å². The van der Waals surface area contributed by atoms with Crippen molar-refractivity contribution in [2.24, 2.45) is 0 Å². The third-order valence-electron chi connectivity index (χ3n) is 4.94. The standard InChI is InChI=1S/C23H19ClN2O3/c1-14-11-18(21(29-2)12-17(14)24)25-22(27)13-26-19-9-5-3-7-15(19)23(28)16-8-4-6-10-20(16)26/h3-12H,13H2,1-2H3,(H,25,27). The van der Waals surface area contributed by atoms with Gasteiger partial charge in [0.2, 0.25) is 5.91 Å². The van der Waals surface area contributed by atoms with Gasteiger partial charge in [-0.25, -0.2) is 0 Å². The number of amides is 1. The van der Waals surface area contributed by atoms with Crippen LogP contribution in [0.1, 0.15) is 5.56 Å². The largest absolute Gasteiger partial charge is 0.495 e. The summed E-state index contributed by atoms with van der Waals surface area (Å²) in [5.74, 6) is 0.257. The highest BCUT2D eigenvalue weighted by molar-refractivity contribution is 6.31. The van der Waals surface area contributed by atoms with E-state index < -0.39 is 0 Å². The number of aromatic nitrogens is 1. The SMILES string of the molecule is COc1cc(Cl)c(C)cc1NC(=O)Cn1c2ccccc2c(=O)c2ccccc21. The highest BCUT2D eigenvalue weighted by atomic mass is 35.5. The monoisotopic (exact) mass is 406 g/mol. The van der Waals surface area contributed by atoms with Gasteiger partial charge in [0, 0.05) is 21.9 Å². The number of para-hydroxylation sites is 2. The van der Waals surface area contributed by atoms with E-state index in [0.29, 0.717) is 38.3 Å². The zero-order valence-corrected chi connectivity index (χ0v) is 16.8. The number of nitrogens with zero attached hydrogens (tertiary/aromatic N) is 1. The van der Waals surface area contributed by atoms with Gasteiger partial charge in [-0.2, -0.15) is 0 Å². The molecule has 1 aromatic heterocycles. The van der Waals surface area contributed by atoms with E-state index in [0.717, 1.165) is 5.56 Å². The van der Waals surface area contributed by atoms with Crippen LogP contribution in [-0.2, 0) is 11.3 Å². The van der Waals surface area contributed by atoms with Crippen LogP contribution in [0.5, 0.6) is 5.75 Å². The summed E-state index contributed by atoms with van der Waals surface area (Å²) in [6.07, 6.45) is 0. The van der Waals surface area contributed by atoms with Gasteiger partial charge in [0.05, 0.1) is 23.8 Å². The Labute approximate surface area is 172 Å². The number of halogens is 1. The first-order valence-electron chi connectivity index (χ1n) is 9.14. The number of hydrogen-bond acceptors (Lipinski definition) is 3. The highest BCUT2D eigenvalue weighted by Crippen LogP contribution is 2.31. The summed E-state index contributed by atoms with van der Waals surface area (Å²) in [5.41, 5.74) is 2.77. The Morgan fingerprint density at radius 3 is 2.21 bits per heavy atom. The summed E-state index contributed by atoms with van der Waals surface area (Å²) >= 11 is 6.15. The molecule has 1 N–H and O–H groups in total. The lowest BCUT2D eigenvalue weighted by molar-refractivity contribution is -0.116. The molecule has 29 heavy (non-hydrogen) atoms. The van der Waals surface area contributed by atoms with E-state index in [1.54, 1.807) is 24.3 Å². The number of carbonyl (C=O) groups is 1. The van der Waals surface area contributed by atoms with Crippen molar-refractivity contribution in [3.05, 3.63) is 81.5 Å². The quantitative estimate of drug-likeness (QED) is 0.497. The van der Waals surface area contributed by atoms with Crippen molar-refractivity contribution in [2.45, 2.75) is 13.5 Å². The molecule has 0 saturated carbocycles. The van der Waals surface area contributed by atoms with Crippen LogP contribution in [0.2, 0.25) is 5.02 Å². The Morgan fingerprint density at radius 1 is 1.03 bits per heavy atom. The van der Waals surface area contributed by atoms with Gasteiger partial charge in [0.1, 0.15) is 12.3 Å². The van der Waals surface area contributed by atoms with Crippen molar-refractivity contribution in [1.82, 2.24) is 4.57 Å². The van der Waals surface area contributed by atoms with Gasteiger partial charge in [-0.05, 0) is 42.8 Å². The molecule has 1 heterocycles. The minimum absolute atomic E-state index is 0.0390. The second-order valence-corrected chi connectivity index (χ2v) is 7.21. The predicted octanol–water partition coefficient (Wildman–Crippen LogP) is 4.76. The van der Waals surface area contributed by atoms with E-state index in [1.165, 1.54) is 7.11 Å². The average Bonchev–Trinajstić information content (AvgIpc) is 2.73. The number of hydrogen-bond donors (Lipinski definition) is 1. The van der Waals surface area contributed by atoms with Crippen molar-refractivity contribution in [2.75, 3.05) is 12.4 Å². The first-order valence-corrected chi connectivity index (χ1v) is 9.51. The maximum atomic E-state index is 12.9. The summed E-state index contributed by atoms with van der Waals surface area (Å²) in [6, 6.07) is 18.1. The second-order valence-electron chi connectivity index (χ2n) is 6.80. The van der Waals surface area contributed by atoms with Crippen molar-refractivity contribution < 1.29 is 9.53 Å². The van der Waals surface area contributed by atoms with Gasteiger partial charge in [-0.15, -0.1) is 0 Å². The summed E-state index contributed by atoms with van der Waals surface area (Å²) in [6.45, 7) is 1.91. The smallest absolute Gasteiger partial charge is 0.244 e. The predicted molar refractivity (Wildman–Crippen MR) is 117 cm³/mol. The van der Waals surface area contributed by atoms with Gasteiger partial charge in [-0.3, -0.25) is 9.59 Å². The van der Waals surface area contributed by atoms with Crippen LogP contribution in [0.4, 0.5) is 5.69 Å². The molecule has 5 nitrogen and oxygen atoms in total. The molecule has 1 amide bonds. The van der Waals surface area contributed by atoms with Crippen LogP contribution in [-0.4, -0.2) is 17.6 Å². The molecule has 0 aliphatic rings. The van der Waals surface area contributed by atoms with E-state index in [-0.39, 0.29) is 17.9 Å². The van der Waals surface area contributed by atoms with Gasteiger partial charge in [0.15, 0.2) is 5.43 Å². The van der Waals surface area contributed by atoms with Crippen LogP contribution in [0.3, 0.4) is 0 Å².